The monoisotopic (exact) mass is 282 g/mol. The molecule has 0 fully saturated rings. The van der Waals surface area contributed by atoms with Crippen LogP contribution in [0.15, 0.2) is 60.7 Å². The molecule has 0 saturated heterocycles. The van der Waals surface area contributed by atoms with Crippen LogP contribution in [0.2, 0.25) is 0 Å². The Labute approximate surface area is 108 Å². The van der Waals surface area contributed by atoms with Crippen LogP contribution >= 0.6 is 0 Å². The van der Waals surface area contributed by atoms with Crippen molar-refractivity contribution in [2.24, 2.45) is 0 Å². The SMILES string of the molecule is C1=C[CH]([Zr][c]2ccccc2)c2ccccc21. The van der Waals surface area contributed by atoms with E-state index >= 15 is 0 Å². The molecule has 0 aromatic heterocycles. The molecular formula is C15H12Zr. The first kappa shape index (κ1) is 10.2. The summed E-state index contributed by atoms with van der Waals surface area (Å²) in [6, 6.07) is 19.7. The summed E-state index contributed by atoms with van der Waals surface area (Å²) in [6.07, 6.45) is 4.67. The second-order valence-electron chi connectivity index (χ2n) is 3.98. The van der Waals surface area contributed by atoms with Crippen molar-refractivity contribution < 1.29 is 23.2 Å². The molecule has 1 aliphatic carbocycles. The number of allylic oxidation sites excluding steroid dienone is 1. The third kappa shape index (κ3) is 1.97. The summed E-state index contributed by atoms with van der Waals surface area (Å²) >= 11 is -0.530. The number of hydrogen-bond acceptors (Lipinski definition) is 0. The molecule has 1 unspecified atom stereocenters. The van der Waals surface area contributed by atoms with Crippen LogP contribution in [0.5, 0.6) is 0 Å². The molecule has 2 aromatic rings. The molecule has 16 heavy (non-hydrogen) atoms. The van der Waals surface area contributed by atoms with Crippen molar-refractivity contribution in [1.82, 2.24) is 0 Å². The van der Waals surface area contributed by atoms with Gasteiger partial charge in [-0.25, -0.2) is 0 Å². The minimum absolute atomic E-state index is 0.530. The number of fused-ring (bicyclic) bond motifs is 1. The van der Waals surface area contributed by atoms with Crippen molar-refractivity contribution in [2.75, 3.05) is 0 Å². The Bertz CT molecular complexity index is 514. The first-order valence-electron chi connectivity index (χ1n) is 5.52. The molecule has 1 aliphatic rings. The first-order chi connectivity index (χ1) is 7.93. The molecule has 1 heteroatoms. The number of hydrogen-bond donors (Lipinski definition) is 0. The van der Waals surface area contributed by atoms with E-state index in [-0.39, 0.29) is 0 Å². The van der Waals surface area contributed by atoms with E-state index in [0.29, 0.717) is 0 Å². The summed E-state index contributed by atoms with van der Waals surface area (Å²) in [5.74, 6) is 0. The van der Waals surface area contributed by atoms with Gasteiger partial charge in [-0.3, -0.25) is 0 Å². The summed E-state index contributed by atoms with van der Waals surface area (Å²) in [6.45, 7) is 0. The molecular weight excluding hydrogens is 271 g/mol. The molecule has 1 atom stereocenters. The van der Waals surface area contributed by atoms with Crippen LogP contribution < -0.4 is 3.27 Å². The third-order valence-corrected chi connectivity index (χ3v) is 6.54. The van der Waals surface area contributed by atoms with Crippen LogP contribution in [0.25, 0.3) is 6.08 Å². The van der Waals surface area contributed by atoms with E-state index in [4.69, 9.17) is 0 Å². The van der Waals surface area contributed by atoms with Gasteiger partial charge in [-0.15, -0.1) is 0 Å². The molecule has 0 heterocycles. The van der Waals surface area contributed by atoms with Crippen molar-refractivity contribution in [3.05, 3.63) is 71.8 Å². The molecule has 0 amide bonds. The standard InChI is InChI=1S/C9H7.C6H5.Zr/c1-2-5-9-7-3-6-8(9)4-1;1-2-4-6-5-3-1;/h1-7H;1-5H;. The molecule has 0 saturated carbocycles. The van der Waals surface area contributed by atoms with Gasteiger partial charge in [-0.2, -0.15) is 0 Å². The van der Waals surface area contributed by atoms with Gasteiger partial charge < -0.3 is 0 Å². The molecule has 0 aliphatic heterocycles. The van der Waals surface area contributed by atoms with Gasteiger partial charge in [0.2, 0.25) is 0 Å². The summed E-state index contributed by atoms with van der Waals surface area (Å²) in [4.78, 5) is 0. The molecule has 76 valence electrons. The second kappa shape index (κ2) is 4.51. The maximum atomic E-state index is 2.39. The van der Waals surface area contributed by atoms with Crippen LogP contribution in [0, 0.1) is 0 Å². The van der Waals surface area contributed by atoms with Gasteiger partial charge in [0, 0.05) is 0 Å². The van der Waals surface area contributed by atoms with Crippen molar-refractivity contribution in [3.8, 4) is 0 Å². The maximum absolute atomic E-state index is 2.39. The Morgan fingerprint density at radius 2 is 1.56 bits per heavy atom. The van der Waals surface area contributed by atoms with Gasteiger partial charge in [0.1, 0.15) is 0 Å². The van der Waals surface area contributed by atoms with E-state index < -0.39 is 23.2 Å². The zero-order chi connectivity index (χ0) is 10.8. The van der Waals surface area contributed by atoms with E-state index in [1.165, 1.54) is 11.1 Å². The Balaban J connectivity index is 1.87. The zero-order valence-electron chi connectivity index (χ0n) is 8.93. The zero-order valence-corrected chi connectivity index (χ0v) is 11.4. The number of benzene rings is 2. The quantitative estimate of drug-likeness (QED) is 0.794. The average Bonchev–Trinajstić information content (AvgIpc) is 2.74. The van der Waals surface area contributed by atoms with Gasteiger partial charge in [0.25, 0.3) is 0 Å². The summed E-state index contributed by atoms with van der Waals surface area (Å²) < 4.78 is 2.31. The average molecular weight is 283 g/mol. The van der Waals surface area contributed by atoms with E-state index in [1.807, 2.05) is 0 Å². The Hall–Kier alpha value is -0.937. The Morgan fingerprint density at radius 1 is 0.812 bits per heavy atom. The van der Waals surface area contributed by atoms with Gasteiger partial charge in [0.15, 0.2) is 0 Å². The fourth-order valence-corrected chi connectivity index (χ4v) is 5.42. The fourth-order valence-electron chi connectivity index (χ4n) is 2.09. The summed E-state index contributed by atoms with van der Waals surface area (Å²) in [7, 11) is 0. The normalized spacial score (nSPS) is 17.1. The molecule has 0 radical (unpaired) electrons. The first-order valence-corrected chi connectivity index (χ1v) is 8.17. The van der Waals surface area contributed by atoms with E-state index in [0.717, 1.165) is 3.63 Å². The molecule has 0 N–H and O–H groups in total. The van der Waals surface area contributed by atoms with E-state index in [1.54, 1.807) is 3.27 Å². The van der Waals surface area contributed by atoms with Gasteiger partial charge in [0.05, 0.1) is 0 Å². The minimum atomic E-state index is -0.530. The topological polar surface area (TPSA) is 0 Å². The van der Waals surface area contributed by atoms with Gasteiger partial charge in [-0.1, -0.05) is 0 Å². The fraction of sp³-hybridized carbons (Fsp3) is 0.0667. The van der Waals surface area contributed by atoms with Crippen molar-refractivity contribution in [3.63, 3.8) is 0 Å². The predicted octanol–water partition coefficient (Wildman–Crippen LogP) is 3.16. The molecule has 0 nitrogen and oxygen atoms in total. The van der Waals surface area contributed by atoms with E-state index in [2.05, 4.69) is 66.7 Å². The van der Waals surface area contributed by atoms with E-state index in [9.17, 15) is 0 Å². The van der Waals surface area contributed by atoms with Gasteiger partial charge >= 0.3 is 108 Å². The van der Waals surface area contributed by atoms with Crippen LogP contribution in [-0.2, 0) is 23.2 Å². The molecule has 0 spiro atoms. The van der Waals surface area contributed by atoms with Crippen LogP contribution in [0.1, 0.15) is 14.8 Å². The van der Waals surface area contributed by atoms with Crippen molar-refractivity contribution >= 4 is 9.35 Å². The van der Waals surface area contributed by atoms with Crippen molar-refractivity contribution in [1.29, 1.82) is 0 Å². The molecule has 0 bridgehead atoms. The molecule has 2 aromatic carbocycles. The molecule has 3 rings (SSSR count). The van der Waals surface area contributed by atoms with Crippen molar-refractivity contribution in [2.45, 2.75) is 3.63 Å². The Kier molecular flexibility index (Phi) is 2.89. The third-order valence-electron chi connectivity index (χ3n) is 2.90. The predicted molar refractivity (Wildman–Crippen MR) is 64.3 cm³/mol. The number of rotatable bonds is 2. The van der Waals surface area contributed by atoms with Gasteiger partial charge in [-0.05, 0) is 0 Å². The van der Waals surface area contributed by atoms with Crippen LogP contribution in [-0.4, -0.2) is 0 Å². The summed E-state index contributed by atoms with van der Waals surface area (Å²) in [5, 5.41) is 0. The second-order valence-corrected chi connectivity index (χ2v) is 7.63. The van der Waals surface area contributed by atoms with Crippen LogP contribution in [0.4, 0.5) is 0 Å². The van der Waals surface area contributed by atoms with Crippen LogP contribution in [0.3, 0.4) is 0 Å². The summed E-state index contributed by atoms with van der Waals surface area (Å²) in [5.41, 5.74) is 2.96. The Morgan fingerprint density at radius 3 is 2.44 bits per heavy atom.